The third-order valence-electron chi connectivity index (χ3n) is 1.83. The first-order chi connectivity index (χ1) is 6.56. The molecule has 0 radical (unpaired) electrons. The molecule has 14 heavy (non-hydrogen) atoms. The van der Waals surface area contributed by atoms with E-state index < -0.39 is 0 Å². The van der Waals surface area contributed by atoms with E-state index in [1.54, 1.807) is 18.7 Å². The zero-order chi connectivity index (χ0) is 10.7. The van der Waals surface area contributed by atoms with Crippen LogP contribution >= 0.6 is 50.3 Å². The molecule has 0 aliphatic heterocycles. The van der Waals surface area contributed by atoms with Crippen LogP contribution in [-0.4, -0.2) is 12.0 Å². The number of rotatable bonds is 3. The maximum absolute atomic E-state index is 11.2. The molecular weight excluding hydrogens is 375 g/mol. The lowest BCUT2D eigenvalue weighted by Crippen LogP contribution is -2.01. The van der Waals surface area contributed by atoms with E-state index in [1.165, 1.54) is 8.47 Å². The number of hydrogen-bond acceptors (Lipinski definition) is 2. The fraction of sp³-hybridized carbons (Fsp3) is 0.300. The zero-order valence-corrected chi connectivity index (χ0v) is 12.4. The lowest BCUT2D eigenvalue weighted by atomic mass is 10.1. The number of alkyl halides is 1. The van der Waals surface area contributed by atoms with Crippen LogP contribution in [0.25, 0.3) is 0 Å². The van der Waals surface area contributed by atoms with E-state index in [9.17, 15) is 4.79 Å². The average Bonchev–Trinajstić information content (AvgIpc) is 2.16. The Kier molecular flexibility index (Phi) is 4.93. The summed E-state index contributed by atoms with van der Waals surface area (Å²) in [4.78, 5) is 12.2. The Labute approximate surface area is 110 Å². The van der Waals surface area contributed by atoms with E-state index in [2.05, 4.69) is 44.6 Å². The summed E-state index contributed by atoms with van der Waals surface area (Å²) < 4.78 is 1.19. The number of halogens is 2. The van der Waals surface area contributed by atoms with Gasteiger partial charge in [0.15, 0.2) is 0 Å². The van der Waals surface area contributed by atoms with Gasteiger partial charge in [-0.2, -0.15) is 0 Å². The van der Waals surface area contributed by atoms with Gasteiger partial charge in [-0.15, -0.1) is 11.8 Å². The van der Waals surface area contributed by atoms with Gasteiger partial charge >= 0.3 is 0 Å². The first-order valence-corrected chi connectivity index (χ1v) is 7.26. The van der Waals surface area contributed by atoms with Gasteiger partial charge in [-0.3, -0.25) is 4.79 Å². The highest BCUT2D eigenvalue weighted by atomic mass is 127. The van der Waals surface area contributed by atoms with Crippen LogP contribution in [0.15, 0.2) is 23.1 Å². The van der Waals surface area contributed by atoms with Gasteiger partial charge in [0.1, 0.15) is 5.78 Å². The minimum atomic E-state index is -0.174. The minimum Gasteiger partial charge on any atom is -0.298 e. The number of thioether (sulfide) groups is 1. The van der Waals surface area contributed by atoms with Crippen LogP contribution in [0.3, 0.4) is 0 Å². The van der Waals surface area contributed by atoms with E-state index >= 15 is 0 Å². The van der Waals surface area contributed by atoms with Gasteiger partial charge in [-0.25, -0.2) is 0 Å². The second-order valence-corrected chi connectivity index (χ2v) is 5.79. The highest BCUT2D eigenvalue weighted by Gasteiger charge is 2.13. The Hall–Kier alpha value is 0.450. The molecule has 1 rings (SSSR count). The standard InChI is InChI=1S/C10H10BrIOS/c1-6(13)10(11)7-3-4-9(14-2)8(12)5-7/h3-5,10H,1-2H3. The molecule has 1 aromatic carbocycles. The molecule has 0 aliphatic rings. The quantitative estimate of drug-likeness (QED) is 0.444. The largest absolute Gasteiger partial charge is 0.298 e. The highest BCUT2D eigenvalue weighted by Crippen LogP contribution is 2.29. The van der Waals surface area contributed by atoms with Crippen LogP contribution in [0.2, 0.25) is 0 Å². The van der Waals surface area contributed by atoms with Crippen LogP contribution in [0.5, 0.6) is 0 Å². The van der Waals surface area contributed by atoms with Crippen molar-refractivity contribution in [2.24, 2.45) is 0 Å². The van der Waals surface area contributed by atoms with Gasteiger partial charge in [0, 0.05) is 8.47 Å². The normalized spacial score (nSPS) is 12.6. The molecule has 0 saturated carbocycles. The first kappa shape index (κ1) is 12.5. The van der Waals surface area contributed by atoms with Crippen molar-refractivity contribution in [2.45, 2.75) is 16.6 Å². The Morgan fingerprint density at radius 2 is 2.21 bits per heavy atom. The zero-order valence-electron chi connectivity index (χ0n) is 7.88. The maximum atomic E-state index is 11.2. The fourth-order valence-electron chi connectivity index (χ4n) is 1.07. The van der Waals surface area contributed by atoms with E-state index in [-0.39, 0.29) is 10.6 Å². The molecule has 0 aliphatic carbocycles. The summed E-state index contributed by atoms with van der Waals surface area (Å²) in [6.45, 7) is 1.59. The fourth-order valence-corrected chi connectivity index (χ4v) is 3.02. The van der Waals surface area contributed by atoms with Gasteiger partial charge in [-0.1, -0.05) is 22.0 Å². The summed E-state index contributed by atoms with van der Waals surface area (Å²) in [6, 6.07) is 6.10. The summed E-state index contributed by atoms with van der Waals surface area (Å²) in [5.41, 5.74) is 1.03. The molecule has 0 fully saturated rings. The van der Waals surface area contributed by atoms with Gasteiger partial charge in [0.05, 0.1) is 4.83 Å². The molecule has 0 aromatic heterocycles. The van der Waals surface area contributed by atoms with Crippen molar-refractivity contribution in [3.63, 3.8) is 0 Å². The SMILES string of the molecule is CSc1ccc(C(Br)C(C)=O)cc1I. The van der Waals surface area contributed by atoms with Crippen LogP contribution in [0, 0.1) is 3.57 Å². The van der Waals surface area contributed by atoms with Crippen molar-refractivity contribution in [2.75, 3.05) is 6.26 Å². The molecule has 0 N–H and O–H groups in total. The lowest BCUT2D eigenvalue weighted by molar-refractivity contribution is -0.116. The predicted molar refractivity (Wildman–Crippen MR) is 73.3 cm³/mol. The third kappa shape index (κ3) is 2.97. The van der Waals surface area contributed by atoms with Gasteiger partial charge < -0.3 is 0 Å². The Morgan fingerprint density at radius 1 is 1.57 bits per heavy atom. The molecule has 0 amide bonds. The number of Topliss-reactive ketones (excluding diaryl/α,β-unsaturated/α-hetero) is 1. The van der Waals surface area contributed by atoms with Gasteiger partial charge in [0.25, 0.3) is 0 Å². The number of ketones is 1. The molecule has 1 atom stereocenters. The number of benzene rings is 1. The summed E-state index contributed by atoms with van der Waals surface area (Å²) in [7, 11) is 0. The second kappa shape index (κ2) is 5.51. The van der Waals surface area contributed by atoms with E-state index in [4.69, 9.17) is 0 Å². The third-order valence-corrected chi connectivity index (χ3v) is 5.05. The van der Waals surface area contributed by atoms with E-state index in [1.807, 2.05) is 18.4 Å². The summed E-state index contributed by atoms with van der Waals surface area (Å²) >= 11 is 7.38. The Balaban J connectivity index is 3.02. The van der Waals surface area contributed by atoms with Crippen molar-refractivity contribution in [1.29, 1.82) is 0 Å². The monoisotopic (exact) mass is 384 g/mol. The molecular formula is C10H10BrIOS. The van der Waals surface area contributed by atoms with E-state index in [0.717, 1.165) is 5.56 Å². The molecule has 4 heteroatoms. The molecule has 0 heterocycles. The van der Waals surface area contributed by atoms with Gasteiger partial charge in [0.2, 0.25) is 0 Å². The number of carbonyl (C=O) groups excluding carboxylic acids is 1. The Morgan fingerprint density at radius 3 is 2.64 bits per heavy atom. The predicted octanol–water partition coefficient (Wildman–Crippen LogP) is 4.04. The molecule has 76 valence electrons. The van der Waals surface area contributed by atoms with Crippen LogP contribution < -0.4 is 0 Å². The maximum Gasteiger partial charge on any atom is 0.147 e. The molecule has 1 aromatic rings. The molecule has 0 bridgehead atoms. The molecule has 0 saturated heterocycles. The molecule has 1 nitrogen and oxygen atoms in total. The van der Waals surface area contributed by atoms with Crippen molar-refractivity contribution in [3.05, 3.63) is 27.3 Å². The topological polar surface area (TPSA) is 17.1 Å². The summed E-state index contributed by atoms with van der Waals surface area (Å²) in [5, 5.41) is 0. The molecule has 0 spiro atoms. The highest BCUT2D eigenvalue weighted by molar-refractivity contribution is 14.1. The first-order valence-electron chi connectivity index (χ1n) is 4.04. The van der Waals surface area contributed by atoms with Crippen LogP contribution in [0.1, 0.15) is 17.3 Å². The number of carbonyl (C=O) groups is 1. The van der Waals surface area contributed by atoms with Crippen molar-refractivity contribution < 1.29 is 4.79 Å². The second-order valence-electron chi connectivity index (χ2n) is 2.87. The van der Waals surface area contributed by atoms with Crippen molar-refractivity contribution >= 4 is 56.1 Å². The average molecular weight is 385 g/mol. The van der Waals surface area contributed by atoms with E-state index in [0.29, 0.717) is 0 Å². The molecule has 1 unspecified atom stereocenters. The van der Waals surface area contributed by atoms with Crippen LogP contribution in [-0.2, 0) is 4.79 Å². The summed E-state index contributed by atoms with van der Waals surface area (Å²) in [6.07, 6.45) is 2.05. The van der Waals surface area contributed by atoms with Crippen molar-refractivity contribution in [1.82, 2.24) is 0 Å². The minimum absolute atomic E-state index is 0.137. The smallest absolute Gasteiger partial charge is 0.147 e. The summed E-state index contributed by atoms with van der Waals surface area (Å²) in [5.74, 6) is 0.137. The van der Waals surface area contributed by atoms with Gasteiger partial charge in [-0.05, 0) is 53.5 Å². The number of hydrogen-bond donors (Lipinski definition) is 0. The lowest BCUT2D eigenvalue weighted by Gasteiger charge is -2.08. The van der Waals surface area contributed by atoms with Crippen LogP contribution in [0.4, 0.5) is 0 Å². The van der Waals surface area contributed by atoms with Crippen molar-refractivity contribution in [3.8, 4) is 0 Å². The Bertz CT molecular complexity index is 354.